The summed E-state index contributed by atoms with van der Waals surface area (Å²) in [6.45, 7) is 4.57. The molecule has 16 heavy (non-hydrogen) atoms. The number of guanidine groups is 1. The van der Waals surface area contributed by atoms with Crippen LogP contribution in [-0.4, -0.2) is 20.9 Å². The van der Waals surface area contributed by atoms with Crippen LogP contribution in [0.15, 0.2) is 14.7 Å². The van der Waals surface area contributed by atoms with Gasteiger partial charge in [-0.05, 0) is 19.4 Å². The summed E-state index contributed by atoms with van der Waals surface area (Å²) in [6.07, 6.45) is 0.913. The number of hydrogen-bond donors (Lipinski definition) is 2. The largest absolute Gasteiger partial charge is 0.355 e. The Morgan fingerprint density at radius 3 is 3.00 bits per heavy atom. The van der Waals surface area contributed by atoms with Crippen LogP contribution in [0, 0.1) is 6.92 Å². The van der Waals surface area contributed by atoms with Crippen LogP contribution in [-0.2, 0) is 10.0 Å². The first-order valence-corrected chi connectivity index (χ1v) is 7.25. The van der Waals surface area contributed by atoms with E-state index in [1.54, 1.807) is 0 Å². The van der Waals surface area contributed by atoms with E-state index in [0.717, 1.165) is 11.3 Å². The Bertz CT molecular complexity index is 531. The number of sulfonamides is 1. The van der Waals surface area contributed by atoms with Gasteiger partial charge in [0.05, 0.1) is 5.69 Å². The molecule has 2 N–H and O–H groups in total. The lowest BCUT2D eigenvalue weighted by atomic mass is 10.4. The van der Waals surface area contributed by atoms with Crippen molar-refractivity contribution in [3.63, 3.8) is 0 Å². The van der Waals surface area contributed by atoms with Crippen LogP contribution < -0.4 is 10.6 Å². The Hall–Kier alpha value is -1.08. The van der Waals surface area contributed by atoms with Crippen molar-refractivity contribution in [1.82, 2.24) is 5.32 Å². The SMILES string of the molecule is CCCNC1=NS(=O)(=O)c2sc(C)cc2N1. The first-order chi connectivity index (χ1) is 7.53. The van der Waals surface area contributed by atoms with Gasteiger partial charge in [-0.3, -0.25) is 0 Å². The summed E-state index contributed by atoms with van der Waals surface area (Å²) in [4.78, 5) is 0.952. The maximum absolute atomic E-state index is 11.8. The molecule has 2 heterocycles. The van der Waals surface area contributed by atoms with Gasteiger partial charge in [0, 0.05) is 11.4 Å². The Labute approximate surface area is 98.6 Å². The van der Waals surface area contributed by atoms with Crippen LogP contribution in [0.3, 0.4) is 0 Å². The topological polar surface area (TPSA) is 70.6 Å². The highest BCUT2D eigenvalue weighted by Crippen LogP contribution is 2.34. The molecule has 1 aromatic heterocycles. The highest BCUT2D eigenvalue weighted by atomic mass is 32.2. The van der Waals surface area contributed by atoms with Crippen molar-refractivity contribution >= 4 is 33.0 Å². The van der Waals surface area contributed by atoms with E-state index in [4.69, 9.17) is 0 Å². The molecular weight excluding hydrogens is 246 g/mol. The first-order valence-electron chi connectivity index (χ1n) is 4.99. The Balaban J connectivity index is 2.35. The minimum atomic E-state index is -3.52. The molecule has 1 aliphatic rings. The minimum Gasteiger partial charge on any atom is -0.355 e. The highest BCUT2D eigenvalue weighted by molar-refractivity contribution is 7.92. The third-order valence-electron chi connectivity index (χ3n) is 2.06. The minimum absolute atomic E-state index is 0.298. The van der Waals surface area contributed by atoms with E-state index >= 15 is 0 Å². The third-order valence-corrected chi connectivity index (χ3v) is 4.90. The van der Waals surface area contributed by atoms with Crippen molar-refractivity contribution in [1.29, 1.82) is 0 Å². The van der Waals surface area contributed by atoms with Gasteiger partial charge in [-0.15, -0.1) is 15.7 Å². The summed E-state index contributed by atoms with van der Waals surface area (Å²) in [5.41, 5.74) is 0.621. The molecule has 1 aliphatic heterocycles. The number of aryl methyl sites for hydroxylation is 1. The molecule has 0 aromatic carbocycles. The Morgan fingerprint density at radius 2 is 2.31 bits per heavy atom. The van der Waals surface area contributed by atoms with Crippen molar-refractivity contribution in [3.05, 3.63) is 10.9 Å². The predicted octanol–water partition coefficient (Wildman–Crippen LogP) is 1.53. The van der Waals surface area contributed by atoms with Gasteiger partial charge in [0.2, 0.25) is 5.96 Å². The quantitative estimate of drug-likeness (QED) is 0.845. The Morgan fingerprint density at radius 1 is 1.56 bits per heavy atom. The molecule has 0 atom stereocenters. The zero-order valence-electron chi connectivity index (χ0n) is 9.07. The molecule has 0 bridgehead atoms. The van der Waals surface area contributed by atoms with Crippen LogP contribution in [0.4, 0.5) is 5.69 Å². The molecule has 1 aromatic rings. The van der Waals surface area contributed by atoms with Crippen molar-refractivity contribution in [2.45, 2.75) is 24.5 Å². The lowest BCUT2D eigenvalue weighted by Gasteiger charge is -2.15. The molecule has 2 rings (SSSR count). The number of anilines is 1. The van der Waals surface area contributed by atoms with Gasteiger partial charge in [-0.25, -0.2) is 0 Å². The van der Waals surface area contributed by atoms with Gasteiger partial charge in [-0.2, -0.15) is 8.42 Å². The summed E-state index contributed by atoms with van der Waals surface area (Å²) in [5.74, 6) is 0.312. The van der Waals surface area contributed by atoms with E-state index in [2.05, 4.69) is 15.0 Å². The van der Waals surface area contributed by atoms with Crippen LogP contribution in [0.1, 0.15) is 18.2 Å². The average Bonchev–Trinajstić information content (AvgIpc) is 2.56. The maximum Gasteiger partial charge on any atom is 0.297 e. The molecule has 0 saturated heterocycles. The summed E-state index contributed by atoms with van der Waals surface area (Å²) in [5, 5.41) is 5.92. The van der Waals surface area contributed by atoms with Gasteiger partial charge in [0.1, 0.15) is 0 Å². The van der Waals surface area contributed by atoms with Gasteiger partial charge in [-0.1, -0.05) is 6.92 Å². The predicted molar refractivity (Wildman–Crippen MR) is 65.6 cm³/mol. The van der Waals surface area contributed by atoms with Crippen molar-refractivity contribution in [2.75, 3.05) is 11.9 Å². The highest BCUT2D eigenvalue weighted by Gasteiger charge is 2.27. The van der Waals surface area contributed by atoms with Crippen LogP contribution in [0.2, 0.25) is 0 Å². The van der Waals surface area contributed by atoms with Gasteiger partial charge in [0.15, 0.2) is 4.21 Å². The molecule has 0 spiro atoms. The van der Waals surface area contributed by atoms with Crippen LogP contribution in [0.5, 0.6) is 0 Å². The van der Waals surface area contributed by atoms with Crippen LogP contribution in [0.25, 0.3) is 0 Å². The van der Waals surface area contributed by atoms with Gasteiger partial charge >= 0.3 is 0 Å². The lowest BCUT2D eigenvalue weighted by molar-refractivity contribution is 0.599. The first kappa shape index (κ1) is 11.4. The maximum atomic E-state index is 11.8. The fourth-order valence-electron chi connectivity index (χ4n) is 1.40. The summed E-state index contributed by atoms with van der Waals surface area (Å²) in [6, 6.07) is 1.82. The van der Waals surface area contributed by atoms with Gasteiger partial charge < -0.3 is 10.6 Å². The van der Waals surface area contributed by atoms with Gasteiger partial charge in [0.25, 0.3) is 10.0 Å². The van der Waals surface area contributed by atoms with Crippen molar-refractivity contribution in [2.24, 2.45) is 4.40 Å². The van der Waals surface area contributed by atoms with Crippen molar-refractivity contribution < 1.29 is 8.42 Å². The zero-order chi connectivity index (χ0) is 11.8. The van der Waals surface area contributed by atoms with E-state index in [1.807, 2.05) is 19.9 Å². The number of nitrogens with zero attached hydrogens (tertiary/aromatic N) is 1. The van der Waals surface area contributed by atoms with E-state index in [0.29, 0.717) is 22.4 Å². The standard InChI is InChI=1S/C9H13N3O2S2/c1-3-4-10-9-11-7-5-6(2)15-8(7)16(13,14)12-9/h5H,3-4H2,1-2H3,(H2,10,11,12). The molecule has 0 radical (unpaired) electrons. The number of nitrogens with one attached hydrogen (secondary N) is 2. The molecule has 0 amide bonds. The molecule has 0 saturated carbocycles. The number of thiophene rings is 1. The molecule has 5 nitrogen and oxygen atoms in total. The second-order valence-electron chi connectivity index (χ2n) is 3.52. The molecule has 0 aliphatic carbocycles. The van der Waals surface area contributed by atoms with E-state index in [1.165, 1.54) is 11.3 Å². The summed E-state index contributed by atoms with van der Waals surface area (Å²) in [7, 11) is -3.52. The number of hydrogen-bond acceptors (Lipinski definition) is 5. The summed E-state index contributed by atoms with van der Waals surface area (Å²) < 4.78 is 27.6. The second kappa shape index (κ2) is 4.06. The lowest BCUT2D eigenvalue weighted by Crippen LogP contribution is -2.34. The normalized spacial score (nSPS) is 17.2. The molecular formula is C9H13N3O2S2. The fourth-order valence-corrected chi connectivity index (χ4v) is 3.84. The molecule has 88 valence electrons. The second-order valence-corrected chi connectivity index (χ2v) is 6.58. The smallest absolute Gasteiger partial charge is 0.297 e. The third kappa shape index (κ3) is 2.05. The molecule has 0 unspecified atom stereocenters. The van der Waals surface area contributed by atoms with Crippen molar-refractivity contribution in [3.8, 4) is 0 Å². The van der Waals surface area contributed by atoms with E-state index in [9.17, 15) is 8.42 Å². The molecule has 0 fully saturated rings. The summed E-state index contributed by atoms with van der Waals surface area (Å²) >= 11 is 1.24. The molecule has 7 heteroatoms. The van der Waals surface area contributed by atoms with E-state index < -0.39 is 10.0 Å². The number of rotatable bonds is 2. The average molecular weight is 259 g/mol. The van der Waals surface area contributed by atoms with E-state index in [-0.39, 0.29) is 0 Å². The Kier molecular flexibility index (Phi) is 2.90. The van der Waals surface area contributed by atoms with Crippen LogP contribution >= 0.6 is 11.3 Å². The number of fused-ring (bicyclic) bond motifs is 1. The fraction of sp³-hybridized carbons (Fsp3) is 0.444. The monoisotopic (exact) mass is 259 g/mol. The zero-order valence-corrected chi connectivity index (χ0v) is 10.7.